The third-order valence-corrected chi connectivity index (χ3v) is 5.16. The van der Waals surface area contributed by atoms with E-state index in [-0.39, 0.29) is 10.9 Å². The van der Waals surface area contributed by atoms with Crippen LogP contribution in [-0.4, -0.2) is 35.8 Å². The number of amides is 1. The van der Waals surface area contributed by atoms with E-state index in [1.165, 1.54) is 4.90 Å². The maximum absolute atomic E-state index is 12.8. The highest BCUT2D eigenvalue weighted by Crippen LogP contribution is 2.28. The molecule has 3 heterocycles. The van der Waals surface area contributed by atoms with E-state index < -0.39 is 0 Å². The topological polar surface area (TPSA) is 76.8 Å². The second kappa shape index (κ2) is 7.33. The molecule has 1 aliphatic rings. The molecule has 1 aromatic carbocycles. The molecule has 0 atom stereocenters. The fourth-order valence-corrected chi connectivity index (χ4v) is 3.49. The zero-order valence-electron chi connectivity index (χ0n) is 15.2. The smallest absolute Gasteiger partial charge is 0.259 e. The average molecular weight is 415 g/mol. The van der Waals surface area contributed by atoms with Gasteiger partial charge < -0.3 is 4.90 Å². The van der Waals surface area contributed by atoms with Gasteiger partial charge in [0, 0.05) is 17.6 Å². The normalized spacial score (nSPS) is 12.9. The zero-order valence-corrected chi connectivity index (χ0v) is 16.7. The summed E-state index contributed by atoms with van der Waals surface area (Å²) in [6, 6.07) is 6.91. The van der Waals surface area contributed by atoms with Crippen molar-refractivity contribution in [1.82, 2.24) is 29.9 Å². The summed E-state index contributed by atoms with van der Waals surface area (Å²) in [6.07, 6.45) is 3.50. The van der Waals surface area contributed by atoms with Gasteiger partial charge in [-0.05, 0) is 38.1 Å². The van der Waals surface area contributed by atoms with Crippen LogP contribution in [0.25, 0.3) is 6.08 Å². The van der Waals surface area contributed by atoms with Gasteiger partial charge in [-0.1, -0.05) is 34.5 Å². The lowest BCUT2D eigenvalue weighted by atomic mass is 10.1. The maximum atomic E-state index is 12.8. The standard InChI is InChI=1S/C19H16Cl2N6O/c1-11-8-12(2)23-17(22-11)10-27-16-6-7-26(9-15(16)24-25-27)19(28)13-4-3-5-14(20)18(13)21/h3-8H,9-10H2,1-2H3. The lowest BCUT2D eigenvalue weighted by molar-refractivity contribution is 0.0811. The van der Waals surface area contributed by atoms with Crippen molar-refractivity contribution >= 4 is 35.2 Å². The monoisotopic (exact) mass is 414 g/mol. The third kappa shape index (κ3) is 3.50. The van der Waals surface area contributed by atoms with Crippen LogP contribution in [0.5, 0.6) is 0 Å². The second-order valence-corrected chi connectivity index (χ2v) is 7.28. The summed E-state index contributed by atoms with van der Waals surface area (Å²) < 4.78 is 1.73. The summed E-state index contributed by atoms with van der Waals surface area (Å²) in [5.41, 5.74) is 3.67. The molecular formula is C19H16Cl2N6O. The zero-order chi connectivity index (χ0) is 19.8. The van der Waals surface area contributed by atoms with Gasteiger partial charge >= 0.3 is 0 Å². The van der Waals surface area contributed by atoms with E-state index in [2.05, 4.69) is 20.3 Å². The van der Waals surface area contributed by atoms with Gasteiger partial charge in [0.1, 0.15) is 18.1 Å². The van der Waals surface area contributed by atoms with E-state index in [9.17, 15) is 4.79 Å². The van der Waals surface area contributed by atoms with Crippen LogP contribution in [0.1, 0.15) is 39.0 Å². The Bertz CT molecular complexity index is 1090. The molecule has 0 saturated carbocycles. The number of carbonyl (C=O) groups is 1. The van der Waals surface area contributed by atoms with E-state index >= 15 is 0 Å². The van der Waals surface area contributed by atoms with Gasteiger partial charge in [-0.3, -0.25) is 4.79 Å². The quantitative estimate of drug-likeness (QED) is 0.653. The molecule has 0 bridgehead atoms. The minimum atomic E-state index is -0.249. The van der Waals surface area contributed by atoms with Crippen molar-refractivity contribution < 1.29 is 4.79 Å². The lowest BCUT2D eigenvalue weighted by Crippen LogP contribution is -2.28. The largest absolute Gasteiger partial charge is 0.309 e. The number of rotatable bonds is 3. The number of nitrogens with zero attached hydrogens (tertiary/aromatic N) is 6. The predicted octanol–water partition coefficient (Wildman–Crippen LogP) is 3.67. The summed E-state index contributed by atoms with van der Waals surface area (Å²) in [6.45, 7) is 4.56. The van der Waals surface area contributed by atoms with Crippen molar-refractivity contribution in [3.8, 4) is 0 Å². The summed E-state index contributed by atoms with van der Waals surface area (Å²) in [5.74, 6) is 0.421. The van der Waals surface area contributed by atoms with Crippen LogP contribution in [0.15, 0.2) is 30.5 Å². The van der Waals surface area contributed by atoms with E-state index in [4.69, 9.17) is 23.2 Å². The minimum Gasteiger partial charge on any atom is -0.309 e. The van der Waals surface area contributed by atoms with Gasteiger partial charge in [0.2, 0.25) is 0 Å². The van der Waals surface area contributed by atoms with Gasteiger partial charge in [-0.2, -0.15) is 0 Å². The molecule has 0 spiro atoms. The molecule has 1 amide bonds. The van der Waals surface area contributed by atoms with Crippen LogP contribution in [0.3, 0.4) is 0 Å². The molecule has 0 N–H and O–H groups in total. The number of fused-ring (bicyclic) bond motifs is 1. The van der Waals surface area contributed by atoms with Crippen molar-refractivity contribution in [2.45, 2.75) is 26.9 Å². The summed E-state index contributed by atoms with van der Waals surface area (Å²) in [7, 11) is 0. The molecule has 0 fully saturated rings. The van der Waals surface area contributed by atoms with Crippen molar-refractivity contribution in [3.05, 3.63) is 74.7 Å². The SMILES string of the molecule is Cc1cc(C)nc(Cn2nnc3c2C=CN(C(=O)c2cccc(Cl)c2Cl)C3)n1. The van der Waals surface area contributed by atoms with E-state index in [0.717, 1.165) is 17.1 Å². The lowest BCUT2D eigenvalue weighted by Gasteiger charge is -2.21. The van der Waals surface area contributed by atoms with Crippen molar-refractivity contribution in [1.29, 1.82) is 0 Å². The van der Waals surface area contributed by atoms with E-state index in [0.29, 0.717) is 35.2 Å². The highest BCUT2D eigenvalue weighted by molar-refractivity contribution is 6.43. The Balaban J connectivity index is 1.57. The van der Waals surface area contributed by atoms with Gasteiger partial charge in [0.05, 0.1) is 27.8 Å². The summed E-state index contributed by atoms with van der Waals surface area (Å²) in [5, 5.41) is 9.00. The fraction of sp³-hybridized carbons (Fsp3) is 0.211. The fourth-order valence-electron chi connectivity index (χ4n) is 3.11. The molecule has 1 aliphatic heterocycles. The molecule has 4 rings (SSSR count). The molecule has 0 saturated heterocycles. The van der Waals surface area contributed by atoms with Gasteiger partial charge in [-0.15, -0.1) is 5.10 Å². The summed E-state index contributed by atoms with van der Waals surface area (Å²) in [4.78, 5) is 23.2. The molecular weight excluding hydrogens is 399 g/mol. The Labute approximate surface area is 171 Å². The van der Waals surface area contributed by atoms with Crippen LogP contribution >= 0.6 is 23.2 Å². The summed E-state index contributed by atoms with van der Waals surface area (Å²) >= 11 is 12.2. The van der Waals surface area contributed by atoms with Crippen LogP contribution in [0.2, 0.25) is 10.0 Å². The van der Waals surface area contributed by atoms with Crippen molar-refractivity contribution in [2.75, 3.05) is 0 Å². The number of hydrogen-bond acceptors (Lipinski definition) is 5. The van der Waals surface area contributed by atoms with Crippen LogP contribution in [0.4, 0.5) is 0 Å². The number of aromatic nitrogens is 5. The molecule has 2 aromatic heterocycles. The molecule has 9 heteroatoms. The number of aryl methyl sites for hydroxylation is 2. The first-order chi connectivity index (χ1) is 13.4. The maximum Gasteiger partial charge on any atom is 0.259 e. The van der Waals surface area contributed by atoms with E-state index in [1.807, 2.05) is 19.9 Å². The number of benzene rings is 1. The molecule has 0 aliphatic carbocycles. The third-order valence-electron chi connectivity index (χ3n) is 4.34. The first-order valence-electron chi connectivity index (χ1n) is 8.59. The Morgan fingerprint density at radius 2 is 1.93 bits per heavy atom. The molecule has 7 nitrogen and oxygen atoms in total. The predicted molar refractivity (Wildman–Crippen MR) is 106 cm³/mol. The molecule has 0 unspecified atom stereocenters. The van der Waals surface area contributed by atoms with Crippen LogP contribution in [-0.2, 0) is 13.1 Å². The second-order valence-electron chi connectivity index (χ2n) is 6.50. The Kier molecular flexibility index (Phi) is 4.87. The van der Waals surface area contributed by atoms with Crippen LogP contribution in [0, 0.1) is 13.8 Å². The van der Waals surface area contributed by atoms with Crippen molar-refractivity contribution in [2.24, 2.45) is 0 Å². The molecule has 3 aromatic rings. The van der Waals surface area contributed by atoms with Crippen molar-refractivity contribution in [3.63, 3.8) is 0 Å². The highest BCUT2D eigenvalue weighted by atomic mass is 35.5. The Morgan fingerprint density at radius 1 is 1.18 bits per heavy atom. The Hall–Kier alpha value is -2.77. The number of carbonyl (C=O) groups excluding carboxylic acids is 1. The number of halogens is 2. The van der Waals surface area contributed by atoms with Gasteiger partial charge in [-0.25, -0.2) is 14.6 Å². The Morgan fingerprint density at radius 3 is 2.68 bits per heavy atom. The molecule has 0 radical (unpaired) electrons. The molecule has 142 valence electrons. The van der Waals surface area contributed by atoms with Gasteiger partial charge in [0.15, 0.2) is 0 Å². The minimum absolute atomic E-state index is 0.240. The first-order valence-corrected chi connectivity index (χ1v) is 9.34. The highest BCUT2D eigenvalue weighted by Gasteiger charge is 2.24. The number of hydrogen-bond donors (Lipinski definition) is 0. The first kappa shape index (κ1) is 18.6. The molecule has 28 heavy (non-hydrogen) atoms. The average Bonchev–Trinajstić information content (AvgIpc) is 3.04. The van der Waals surface area contributed by atoms with Gasteiger partial charge in [0.25, 0.3) is 5.91 Å². The van der Waals surface area contributed by atoms with Crippen LogP contribution < -0.4 is 0 Å². The van der Waals surface area contributed by atoms with E-state index in [1.54, 1.807) is 35.2 Å².